The number of hydrogen-bond donors (Lipinski definition) is 0. The highest BCUT2D eigenvalue weighted by molar-refractivity contribution is 9.10. The molecule has 0 atom stereocenters. The molecule has 1 aromatic heterocycles. The Morgan fingerprint density at radius 3 is 2.66 bits per heavy atom. The number of thiocarbonyl (C=S) groups is 1. The van der Waals surface area contributed by atoms with Crippen LogP contribution in [0.25, 0.3) is 17.0 Å². The number of likely N-dealkylation sites (N-methyl/N-ethyl adjacent to an activating group) is 1. The standard InChI is InChI=1S/C22H19BrN2O2S2/c1-2-25-21(26)20(29-22(25)28)13-15-14-24(19-6-4-3-5-18(15)19)11-12-27-17-9-7-16(23)8-10-17/h3-10,13-14H,2,11-12H2,1H3/b20-13+. The Bertz CT molecular complexity index is 1110. The van der Waals surface area contributed by atoms with Gasteiger partial charge >= 0.3 is 0 Å². The van der Waals surface area contributed by atoms with Crippen molar-refractivity contribution in [3.8, 4) is 5.75 Å². The molecule has 2 heterocycles. The molecule has 4 rings (SSSR count). The number of amides is 1. The molecular formula is C22H19BrN2O2S2. The fourth-order valence-corrected chi connectivity index (χ4v) is 4.92. The van der Waals surface area contributed by atoms with E-state index < -0.39 is 0 Å². The van der Waals surface area contributed by atoms with E-state index in [9.17, 15) is 4.79 Å². The van der Waals surface area contributed by atoms with Gasteiger partial charge in [0.15, 0.2) is 0 Å². The van der Waals surface area contributed by atoms with Crippen LogP contribution in [-0.2, 0) is 11.3 Å². The Morgan fingerprint density at radius 2 is 1.93 bits per heavy atom. The maximum atomic E-state index is 12.6. The van der Waals surface area contributed by atoms with Crippen molar-refractivity contribution in [2.24, 2.45) is 0 Å². The van der Waals surface area contributed by atoms with E-state index in [0.717, 1.165) is 26.7 Å². The highest BCUT2D eigenvalue weighted by Gasteiger charge is 2.30. The van der Waals surface area contributed by atoms with E-state index in [1.165, 1.54) is 11.8 Å². The molecule has 1 amide bonds. The van der Waals surface area contributed by atoms with Gasteiger partial charge in [-0.3, -0.25) is 9.69 Å². The number of nitrogens with zero attached hydrogens (tertiary/aromatic N) is 2. The van der Waals surface area contributed by atoms with Gasteiger partial charge in [-0.1, -0.05) is 58.1 Å². The lowest BCUT2D eigenvalue weighted by Gasteiger charge is -2.09. The smallest absolute Gasteiger partial charge is 0.266 e. The first kappa shape index (κ1) is 20.2. The van der Waals surface area contributed by atoms with Crippen LogP contribution < -0.4 is 4.74 Å². The minimum Gasteiger partial charge on any atom is -0.492 e. The first-order valence-electron chi connectivity index (χ1n) is 9.28. The predicted octanol–water partition coefficient (Wildman–Crippen LogP) is 5.70. The van der Waals surface area contributed by atoms with Gasteiger partial charge in [-0.15, -0.1) is 0 Å². The zero-order chi connectivity index (χ0) is 20.4. The largest absolute Gasteiger partial charge is 0.492 e. The van der Waals surface area contributed by atoms with E-state index in [4.69, 9.17) is 17.0 Å². The fraction of sp³-hybridized carbons (Fsp3) is 0.182. The summed E-state index contributed by atoms with van der Waals surface area (Å²) in [5, 5.41) is 1.11. The summed E-state index contributed by atoms with van der Waals surface area (Å²) in [6.07, 6.45) is 4.03. The second kappa shape index (κ2) is 8.73. The first-order chi connectivity index (χ1) is 14.1. The number of hydrogen-bond acceptors (Lipinski definition) is 4. The van der Waals surface area contributed by atoms with Crippen molar-refractivity contribution >= 4 is 67.1 Å². The van der Waals surface area contributed by atoms with Crippen molar-refractivity contribution < 1.29 is 9.53 Å². The van der Waals surface area contributed by atoms with Gasteiger partial charge in [-0.25, -0.2) is 0 Å². The van der Waals surface area contributed by atoms with Gasteiger partial charge in [0.05, 0.1) is 11.4 Å². The second-order valence-corrected chi connectivity index (χ2v) is 9.11. The van der Waals surface area contributed by atoms with E-state index in [2.05, 4.69) is 38.8 Å². The lowest BCUT2D eigenvalue weighted by molar-refractivity contribution is -0.121. The van der Waals surface area contributed by atoms with Crippen molar-refractivity contribution in [2.45, 2.75) is 13.5 Å². The Morgan fingerprint density at radius 1 is 1.17 bits per heavy atom. The number of rotatable bonds is 6. The summed E-state index contributed by atoms with van der Waals surface area (Å²) in [4.78, 5) is 14.9. The van der Waals surface area contributed by atoms with Crippen LogP contribution in [0.15, 0.2) is 64.1 Å². The van der Waals surface area contributed by atoms with Crippen molar-refractivity contribution in [1.82, 2.24) is 9.47 Å². The third kappa shape index (κ3) is 4.27. The molecule has 0 spiro atoms. The van der Waals surface area contributed by atoms with Gasteiger partial charge in [0.25, 0.3) is 5.91 Å². The summed E-state index contributed by atoms with van der Waals surface area (Å²) in [6.45, 7) is 3.79. The average molecular weight is 487 g/mol. The molecule has 0 unspecified atom stereocenters. The van der Waals surface area contributed by atoms with Gasteiger partial charge < -0.3 is 9.30 Å². The summed E-state index contributed by atoms with van der Waals surface area (Å²) in [5.41, 5.74) is 2.13. The molecule has 0 aliphatic carbocycles. The van der Waals surface area contributed by atoms with E-state index in [1.807, 2.05) is 49.4 Å². The molecule has 0 radical (unpaired) electrons. The number of aromatic nitrogens is 1. The SMILES string of the molecule is CCN1C(=O)/C(=C\c2cn(CCOc3ccc(Br)cc3)c3ccccc23)SC1=S. The van der Waals surface area contributed by atoms with Crippen LogP contribution in [-0.4, -0.2) is 32.8 Å². The molecule has 0 bridgehead atoms. The molecule has 29 heavy (non-hydrogen) atoms. The van der Waals surface area contributed by atoms with Gasteiger partial charge in [-0.2, -0.15) is 0 Å². The third-order valence-electron chi connectivity index (χ3n) is 4.71. The highest BCUT2D eigenvalue weighted by atomic mass is 79.9. The number of thioether (sulfide) groups is 1. The molecule has 7 heteroatoms. The predicted molar refractivity (Wildman–Crippen MR) is 127 cm³/mol. The normalized spacial score (nSPS) is 15.7. The number of benzene rings is 2. The molecule has 1 aliphatic rings. The molecule has 1 aliphatic heterocycles. The molecule has 3 aromatic rings. The number of halogens is 1. The van der Waals surface area contributed by atoms with E-state index in [1.54, 1.807) is 4.90 Å². The first-order valence-corrected chi connectivity index (χ1v) is 11.3. The summed E-state index contributed by atoms with van der Waals surface area (Å²) in [6, 6.07) is 16.0. The van der Waals surface area contributed by atoms with Crippen molar-refractivity contribution in [3.05, 3.63) is 69.7 Å². The Labute approximate surface area is 187 Å². The van der Waals surface area contributed by atoms with Crippen molar-refractivity contribution in [3.63, 3.8) is 0 Å². The Balaban J connectivity index is 1.57. The zero-order valence-electron chi connectivity index (χ0n) is 15.8. The summed E-state index contributed by atoms with van der Waals surface area (Å²) in [5.74, 6) is 0.825. The number of carbonyl (C=O) groups excluding carboxylic acids is 1. The van der Waals surface area contributed by atoms with Crippen LogP contribution >= 0.6 is 39.9 Å². The summed E-state index contributed by atoms with van der Waals surface area (Å²) >= 11 is 10.1. The van der Waals surface area contributed by atoms with Crippen LogP contribution in [0.1, 0.15) is 12.5 Å². The fourth-order valence-electron chi connectivity index (χ4n) is 3.28. The summed E-state index contributed by atoms with van der Waals surface area (Å²) < 4.78 is 9.69. The van der Waals surface area contributed by atoms with E-state index in [0.29, 0.717) is 28.9 Å². The highest BCUT2D eigenvalue weighted by Crippen LogP contribution is 2.34. The monoisotopic (exact) mass is 486 g/mol. The van der Waals surface area contributed by atoms with Crippen molar-refractivity contribution in [1.29, 1.82) is 0 Å². The lowest BCUT2D eigenvalue weighted by atomic mass is 10.1. The Hall–Kier alpha value is -2.09. The second-order valence-electron chi connectivity index (χ2n) is 6.52. The van der Waals surface area contributed by atoms with Crippen LogP contribution in [0.2, 0.25) is 0 Å². The van der Waals surface area contributed by atoms with Crippen LogP contribution in [0.4, 0.5) is 0 Å². The number of ether oxygens (including phenoxy) is 1. The zero-order valence-corrected chi connectivity index (χ0v) is 19.0. The lowest BCUT2D eigenvalue weighted by Crippen LogP contribution is -2.27. The van der Waals surface area contributed by atoms with Gasteiger partial charge in [0, 0.05) is 33.7 Å². The van der Waals surface area contributed by atoms with E-state index >= 15 is 0 Å². The molecule has 4 nitrogen and oxygen atoms in total. The number of carbonyl (C=O) groups is 1. The number of fused-ring (bicyclic) bond motifs is 1. The van der Waals surface area contributed by atoms with Gasteiger partial charge in [0.2, 0.25) is 0 Å². The molecule has 148 valence electrons. The molecular weight excluding hydrogens is 468 g/mol. The van der Waals surface area contributed by atoms with Crippen LogP contribution in [0.3, 0.4) is 0 Å². The van der Waals surface area contributed by atoms with Crippen LogP contribution in [0, 0.1) is 0 Å². The minimum absolute atomic E-state index is 0.0158. The molecule has 0 saturated carbocycles. The summed E-state index contributed by atoms with van der Waals surface area (Å²) in [7, 11) is 0. The van der Waals surface area contributed by atoms with Crippen LogP contribution in [0.5, 0.6) is 5.75 Å². The number of para-hydroxylation sites is 1. The quantitative estimate of drug-likeness (QED) is 0.330. The maximum Gasteiger partial charge on any atom is 0.266 e. The molecule has 1 fully saturated rings. The molecule has 0 N–H and O–H groups in total. The average Bonchev–Trinajstić information content (AvgIpc) is 3.20. The van der Waals surface area contributed by atoms with Crippen molar-refractivity contribution in [2.75, 3.05) is 13.2 Å². The van der Waals surface area contributed by atoms with E-state index in [-0.39, 0.29) is 5.91 Å². The molecule has 2 aromatic carbocycles. The topological polar surface area (TPSA) is 34.5 Å². The van der Waals surface area contributed by atoms with Gasteiger partial charge in [0.1, 0.15) is 16.7 Å². The third-order valence-corrected chi connectivity index (χ3v) is 6.62. The Kier molecular flexibility index (Phi) is 6.08. The van der Waals surface area contributed by atoms with Gasteiger partial charge in [-0.05, 0) is 43.3 Å². The minimum atomic E-state index is -0.0158. The maximum absolute atomic E-state index is 12.6. The molecule has 1 saturated heterocycles.